The molecule has 3 aromatic rings. The summed E-state index contributed by atoms with van der Waals surface area (Å²) in [7, 11) is 0. The second kappa shape index (κ2) is 11.2. The van der Waals surface area contributed by atoms with Crippen LogP contribution in [0.1, 0.15) is 70.8 Å². The Balaban J connectivity index is 1.32. The standard InChI is InChI=1S/C30H29N5O2/c31-17-21-5-9-23(10-6-21)29(25-13-14-28(33-19-25)37-27-3-1-2-4-27)35-16-15-26(20-35)34-30(36)24-11-7-22(18-32)8-12-24/h5-14,19,26-27,29H,1-4,15-16,20H2,(H,34,36)/t26-,29?/m1/s1. The summed E-state index contributed by atoms with van der Waals surface area (Å²) < 4.78 is 6.06. The molecule has 1 amide bonds. The van der Waals surface area contributed by atoms with Crippen LogP contribution in [-0.4, -0.2) is 41.0 Å². The number of carbonyl (C=O) groups is 1. The summed E-state index contributed by atoms with van der Waals surface area (Å²) in [5.41, 5.74) is 3.81. The molecule has 2 fully saturated rings. The van der Waals surface area contributed by atoms with Gasteiger partial charge in [-0.1, -0.05) is 18.2 Å². The zero-order chi connectivity index (χ0) is 25.6. The van der Waals surface area contributed by atoms with Crippen LogP contribution in [0.15, 0.2) is 66.9 Å². The minimum Gasteiger partial charge on any atom is -0.474 e. The summed E-state index contributed by atoms with van der Waals surface area (Å²) in [4.78, 5) is 19.8. The number of amides is 1. The molecule has 5 rings (SSSR count). The van der Waals surface area contributed by atoms with Gasteiger partial charge in [-0.2, -0.15) is 10.5 Å². The molecule has 37 heavy (non-hydrogen) atoms. The number of carbonyl (C=O) groups excluding carboxylic acids is 1. The highest BCUT2D eigenvalue weighted by molar-refractivity contribution is 5.94. The van der Waals surface area contributed by atoms with Crippen molar-refractivity contribution in [2.24, 2.45) is 0 Å². The van der Waals surface area contributed by atoms with E-state index in [0.29, 0.717) is 29.1 Å². The average molecular weight is 492 g/mol. The molecule has 1 aliphatic heterocycles. The smallest absolute Gasteiger partial charge is 0.251 e. The molecule has 1 aliphatic carbocycles. The number of aromatic nitrogens is 1. The summed E-state index contributed by atoms with van der Waals surface area (Å²) in [6.45, 7) is 1.50. The van der Waals surface area contributed by atoms with E-state index in [1.165, 1.54) is 12.8 Å². The second-order valence-corrected chi connectivity index (χ2v) is 9.73. The number of benzene rings is 2. The number of nitrogens with zero attached hydrogens (tertiary/aromatic N) is 4. The van der Waals surface area contributed by atoms with Crippen LogP contribution in [0, 0.1) is 22.7 Å². The summed E-state index contributed by atoms with van der Waals surface area (Å²) in [5.74, 6) is 0.518. The molecule has 7 nitrogen and oxygen atoms in total. The Bertz CT molecular complexity index is 1300. The number of hydrogen-bond acceptors (Lipinski definition) is 6. The zero-order valence-corrected chi connectivity index (χ0v) is 20.6. The van der Waals surface area contributed by atoms with Crippen LogP contribution in [0.2, 0.25) is 0 Å². The monoisotopic (exact) mass is 491 g/mol. The molecule has 1 saturated heterocycles. The molecule has 1 aromatic heterocycles. The summed E-state index contributed by atoms with van der Waals surface area (Å²) in [5, 5.41) is 21.4. The molecule has 186 valence electrons. The topological polar surface area (TPSA) is 102 Å². The van der Waals surface area contributed by atoms with Gasteiger partial charge in [0.2, 0.25) is 5.88 Å². The largest absolute Gasteiger partial charge is 0.474 e. The highest BCUT2D eigenvalue weighted by Crippen LogP contribution is 2.33. The Morgan fingerprint density at radius 1 is 0.919 bits per heavy atom. The first-order valence-corrected chi connectivity index (χ1v) is 12.8. The molecule has 1 saturated carbocycles. The third-order valence-corrected chi connectivity index (χ3v) is 7.22. The van der Waals surface area contributed by atoms with Crippen molar-refractivity contribution in [1.29, 1.82) is 10.5 Å². The maximum absolute atomic E-state index is 12.8. The minimum atomic E-state index is -0.138. The number of ether oxygens (including phenoxy) is 1. The van der Waals surface area contributed by atoms with E-state index in [-0.39, 0.29) is 24.1 Å². The van der Waals surface area contributed by atoms with E-state index in [9.17, 15) is 10.1 Å². The van der Waals surface area contributed by atoms with Crippen LogP contribution in [0.3, 0.4) is 0 Å². The molecule has 0 radical (unpaired) electrons. The van der Waals surface area contributed by atoms with Crippen LogP contribution >= 0.6 is 0 Å². The van der Waals surface area contributed by atoms with Gasteiger partial charge in [0.15, 0.2) is 0 Å². The lowest BCUT2D eigenvalue weighted by atomic mass is 9.97. The van der Waals surface area contributed by atoms with Crippen LogP contribution < -0.4 is 10.1 Å². The fourth-order valence-corrected chi connectivity index (χ4v) is 5.26. The molecule has 1 unspecified atom stereocenters. The van der Waals surface area contributed by atoms with Crippen LogP contribution in [-0.2, 0) is 0 Å². The molecule has 1 N–H and O–H groups in total. The first-order valence-electron chi connectivity index (χ1n) is 12.8. The van der Waals surface area contributed by atoms with Crippen LogP contribution in [0.4, 0.5) is 0 Å². The first kappa shape index (κ1) is 24.5. The Hall–Kier alpha value is -4.20. The predicted octanol–water partition coefficient (Wildman–Crippen LogP) is 4.74. The first-order chi connectivity index (χ1) is 18.1. The molecule has 2 heterocycles. The number of nitriles is 2. The van der Waals surface area contributed by atoms with E-state index in [1.54, 1.807) is 24.3 Å². The summed E-state index contributed by atoms with van der Waals surface area (Å²) >= 11 is 0. The van der Waals surface area contributed by atoms with Crippen molar-refractivity contribution in [2.45, 2.75) is 50.3 Å². The van der Waals surface area contributed by atoms with E-state index < -0.39 is 0 Å². The summed E-state index contributed by atoms with van der Waals surface area (Å²) in [6, 6.07) is 22.6. The molecule has 2 aliphatic rings. The highest BCUT2D eigenvalue weighted by atomic mass is 16.5. The Morgan fingerprint density at radius 2 is 1.57 bits per heavy atom. The van der Waals surface area contributed by atoms with E-state index in [1.807, 2.05) is 36.5 Å². The van der Waals surface area contributed by atoms with Gasteiger partial charge >= 0.3 is 0 Å². The van der Waals surface area contributed by atoms with Crippen molar-refractivity contribution in [3.05, 3.63) is 94.7 Å². The average Bonchev–Trinajstić information content (AvgIpc) is 3.63. The van der Waals surface area contributed by atoms with Crippen LogP contribution in [0.5, 0.6) is 5.88 Å². The lowest BCUT2D eigenvalue weighted by molar-refractivity contribution is 0.0937. The molecule has 2 aromatic carbocycles. The fourth-order valence-electron chi connectivity index (χ4n) is 5.26. The van der Waals surface area contributed by atoms with Crippen molar-refractivity contribution in [3.63, 3.8) is 0 Å². The number of hydrogen-bond donors (Lipinski definition) is 1. The Labute approximate surface area is 217 Å². The van der Waals surface area contributed by atoms with Gasteiger partial charge in [-0.25, -0.2) is 4.98 Å². The van der Waals surface area contributed by atoms with E-state index >= 15 is 0 Å². The van der Waals surface area contributed by atoms with Gasteiger partial charge in [-0.05, 0) is 79.6 Å². The lowest BCUT2D eigenvalue weighted by Gasteiger charge is -2.29. The third-order valence-electron chi connectivity index (χ3n) is 7.22. The number of likely N-dealkylation sites (tertiary alicyclic amines) is 1. The highest BCUT2D eigenvalue weighted by Gasteiger charge is 2.31. The van der Waals surface area contributed by atoms with Gasteiger partial charge in [0, 0.05) is 37.0 Å². The number of pyridine rings is 1. The fraction of sp³-hybridized carbons (Fsp3) is 0.333. The van der Waals surface area contributed by atoms with Crippen molar-refractivity contribution < 1.29 is 9.53 Å². The van der Waals surface area contributed by atoms with Crippen LogP contribution in [0.25, 0.3) is 0 Å². The predicted molar refractivity (Wildman–Crippen MR) is 139 cm³/mol. The van der Waals surface area contributed by atoms with Gasteiger partial charge < -0.3 is 10.1 Å². The van der Waals surface area contributed by atoms with Crippen molar-refractivity contribution in [3.8, 4) is 18.0 Å². The SMILES string of the molecule is N#Cc1ccc(C(=O)N[C@@H]2CCN(C(c3ccc(C#N)cc3)c3ccc(OC4CCCC4)nc3)C2)cc1. The zero-order valence-electron chi connectivity index (χ0n) is 20.6. The van der Waals surface area contributed by atoms with E-state index in [0.717, 1.165) is 36.9 Å². The molecule has 0 bridgehead atoms. The van der Waals surface area contributed by atoms with Gasteiger partial charge in [0.05, 0.1) is 29.3 Å². The quantitative estimate of drug-likeness (QED) is 0.512. The molecular weight excluding hydrogens is 462 g/mol. The Morgan fingerprint density at radius 3 is 2.19 bits per heavy atom. The second-order valence-electron chi connectivity index (χ2n) is 9.73. The lowest BCUT2D eigenvalue weighted by Crippen LogP contribution is -2.38. The van der Waals surface area contributed by atoms with Crippen molar-refractivity contribution >= 4 is 5.91 Å². The van der Waals surface area contributed by atoms with Crippen molar-refractivity contribution in [2.75, 3.05) is 13.1 Å². The van der Waals surface area contributed by atoms with Gasteiger partial charge in [-0.3, -0.25) is 9.69 Å². The van der Waals surface area contributed by atoms with Gasteiger partial charge in [-0.15, -0.1) is 0 Å². The van der Waals surface area contributed by atoms with Gasteiger partial charge in [0.25, 0.3) is 5.91 Å². The maximum Gasteiger partial charge on any atom is 0.251 e. The number of rotatable bonds is 7. The van der Waals surface area contributed by atoms with Gasteiger partial charge in [0.1, 0.15) is 6.10 Å². The molecule has 7 heteroatoms. The number of nitrogens with one attached hydrogen (secondary N) is 1. The molecule has 0 spiro atoms. The maximum atomic E-state index is 12.8. The van der Waals surface area contributed by atoms with E-state index in [2.05, 4.69) is 33.4 Å². The summed E-state index contributed by atoms with van der Waals surface area (Å²) in [6.07, 6.45) is 7.55. The molecule has 2 atom stereocenters. The van der Waals surface area contributed by atoms with Crippen molar-refractivity contribution in [1.82, 2.24) is 15.2 Å². The Kier molecular flexibility index (Phi) is 7.44. The third kappa shape index (κ3) is 5.80. The minimum absolute atomic E-state index is 0.00181. The normalized spacial score (nSPS) is 18.6. The molecular formula is C30H29N5O2. The van der Waals surface area contributed by atoms with E-state index in [4.69, 9.17) is 10.00 Å².